The van der Waals surface area contributed by atoms with E-state index < -0.39 is 0 Å². The van der Waals surface area contributed by atoms with Gasteiger partial charge in [-0.3, -0.25) is 4.79 Å². The number of carbonyl (C=O) groups excluding carboxylic acids is 1. The zero-order valence-corrected chi connectivity index (χ0v) is 10.0. The molecule has 1 heterocycles. The van der Waals surface area contributed by atoms with Gasteiger partial charge < -0.3 is 10.6 Å². The van der Waals surface area contributed by atoms with Gasteiger partial charge in [0.05, 0.1) is 0 Å². The molecule has 1 amide bonds. The van der Waals surface area contributed by atoms with Gasteiger partial charge in [0.2, 0.25) is 5.91 Å². The van der Waals surface area contributed by atoms with Crippen LogP contribution in [0.15, 0.2) is 0 Å². The summed E-state index contributed by atoms with van der Waals surface area (Å²) in [4.78, 5) is 13.8. The van der Waals surface area contributed by atoms with Crippen LogP contribution >= 0.6 is 0 Å². The van der Waals surface area contributed by atoms with Gasteiger partial charge in [0.15, 0.2) is 0 Å². The summed E-state index contributed by atoms with van der Waals surface area (Å²) in [6, 6.07) is 0. The maximum Gasteiger partial charge on any atom is 0.226 e. The molecule has 88 valence electrons. The van der Waals surface area contributed by atoms with Gasteiger partial charge in [-0.2, -0.15) is 0 Å². The Balaban J connectivity index is 2.33. The number of piperidine rings is 1. The van der Waals surface area contributed by atoms with Crippen LogP contribution in [0.5, 0.6) is 0 Å². The van der Waals surface area contributed by atoms with E-state index in [4.69, 9.17) is 5.73 Å². The summed E-state index contributed by atoms with van der Waals surface area (Å²) in [5.41, 5.74) is 5.51. The van der Waals surface area contributed by atoms with Gasteiger partial charge in [-0.15, -0.1) is 0 Å². The molecule has 1 atom stereocenters. The van der Waals surface area contributed by atoms with Crippen LogP contribution in [-0.2, 0) is 4.79 Å². The first-order valence-electron chi connectivity index (χ1n) is 6.17. The van der Waals surface area contributed by atoms with E-state index in [1.54, 1.807) is 0 Å². The molecule has 0 radical (unpaired) electrons. The lowest BCUT2D eigenvalue weighted by Gasteiger charge is -2.33. The van der Waals surface area contributed by atoms with Crippen molar-refractivity contribution in [3.63, 3.8) is 0 Å². The first-order chi connectivity index (χ1) is 7.19. The Bertz CT molecular complexity index is 198. The van der Waals surface area contributed by atoms with Crippen LogP contribution in [0.1, 0.15) is 39.5 Å². The molecule has 0 aromatic heterocycles. The smallest absolute Gasteiger partial charge is 0.226 e. The van der Waals surface area contributed by atoms with Crippen molar-refractivity contribution in [1.29, 1.82) is 0 Å². The number of carbonyl (C=O) groups is 1. The van der Waals surface area contributed by atoms with Gasteiger partial charge >= 0.3 is 0 Å². The van der Waals surface area contributed by atoms with Crippen molar-refractivity contribution in [2.75, 3.05) is 19.6 Å². The molecule has 3 nitrogen and oxygen atoms in total. The molecule has 0 aromatic carbocycles. The van der Waals surface area contributed by atoms with E-state index in [9.17, 15) is 4.79 Å². The highest BCUT2D eigenvalue weighted by Gasteiger charge is 2.24. The molecule has 3 heteroatoms. The number of nitrogens with two attached hydrogens (primary N) is 1. The third-order valence-corrected chi connectivity index (χ3v) is 3.40. The second-order valence-corrected chi connectivity index (χ2v) is 4.69. The summed E-state index contributed by atoms with van der Waals surface area (Å²) < 4.78 is 0. The highest BCUT2D eigenvalue weighted by Crippen LogP contribution is 2.22. The Hall–Kier alpha value is -0.570. The Morgan fingerprint density at radius 3 is 2.53 bits per heavy atom. The maximum atomic E-state index is 11.8. The van der Waals surface area contributed by atoms with Gasteiger partial charge in [-0.25, -0.2) is 0 Å². The van der Waals surface area contributed by atoms with Gasteiger partial charge in [-0.05, 0) is 18.8 Å². The monoisotopic (exact) mass is 212 g/mol. The molecule has 0 bridgehead atoms. The van der Waals surface area contributed by atoms with Gasteiger partial charge in [0.25, 0.3) is 0 Å². The van der Waals surface area contributed by atoms with Crippen LogP contribution in [0.3, 0.4) is 0 Å². The molecule has 15 heavy (non-hydrogen) atoms. The lowest BCUT2D eigenvalue weighted by atomic mass is 9.92. The molecule has 2 N–H and O–H groups in total. The van der Waals surface area contributed by atoms with Crippen LogP contribution in [0, 0.1) is 11.8 Å². The summed E-state index contributed by atoms with van der Waals surface area (Å²) in [5, 5.41) is 0. The third kappa shape index (κ3) is 3.49. The van der Waals surface area contributed by atoms with Gasteiger partial charge in [0, 0.05) is 25.6 Å². The van der Waals surface area contributed by atoms with Crippen molar-refractivity contribution in [3.05, 3.63) is 0 Å². The van der Waals surface area contributed by atoms with Crippen molar-refractivity contribution in [3.8, 4) is 0 Å². The minimum Gasteiger partial charge on any atom is -0.342 e. The Morgan fingerprint density at radius 2 is 2.07 bits per heavy atom. The van der Waals surface area contributed by atoms with E-state index in [0.717, 1.165) is 19.0 Å². The van der Waals surface area contributed by atoms with Crippen LogP contribution in [-0.4, -0.2) is 30.4 Å². The van der Waals surface area contributed by atoms with E-state index in [0.29, 0.717) is 6.54 Å². The molecule has 1 rings (SSSR count). The van der Waals surface area contributed by atoms with Gasteiger partial charge in [-0.1, -0.05) is 26.7 Å². The molecule has 1 fully saturated rings. The van der Waals surface area contributed by atoms with Crippen molar-refractivity contribution < 1.29 is 4.79 Å². The van der Waals surface area contributed by atoms with Crippen molar-refractivity contribution in [2.24, 2.45) is 17.6 Å². The van der Waals surface area contributed by atoms with Crippen molar-refractivity contribution >= 4 is 5.91 Å². The second-order valence-electron chi connectivity index (χ2n) is 4.69. The van der Waals surface area contributed by atoms with Crippen molar-refractivity contribution in [1.82, 2.24) is 4.90 Å². The molecule has 1 saturated heterocycles. The summed E-state index contributed by atoms with van der Waals surface area (Å²) in [6.45, 7) is 6.49. The van der Waals surface area contributed by atoms with E-state index in [2.05, 4.69) is 6.92 Å². The number of amides is 1. The normalized spacial score (nSPS) is 20.3. The fourth-order valence-electron chi connectivity index (χ4n) is 2.26. The summed E-state index contributed by atoms with van der Waals surface area (Å²) in [7, 11) is 0. The molecule has 1 unspecified atom stereocenters. The lowest BCUT2D eigenvalue weighted by molar-refractivity contribution is -0.136. The molecule has 1 aliphatic heterocycles. The maximum absolute atomic E-state index is 11.8. The molecule has 0 saturated carbocycles. The quantitative estimate of drug-likeness (QED) is 0.769. The average molecular weight is 212 g/mol. The molecule has 0 aliphatic carbocycles. The summed E-state index contributed by atoms with van der Waals surface area (Å²) in [6.07, 6.45) is 4.93. The van der Waals surface area contributed by atoms with Crippen molar-refractivity contribution in [2.45, 2.75) is 39.5 Å². The fraction of sp³-hybridized carbons (Fsp3) is 0.917. The highest BCUT2D eigenvalue weighted by atomic mass is 16.2. The average Bonchev–Trinajstić information content (AvgIpc) is 2.28. The van der Waals surface area contributed by atoms with Gasteiger partial charge in [0.1, 0.15) is 0 Å². The Labute approximate surface area is 93.0 Å². The largest absolute Gasteiger partial charge is 0.342 e. The zero-order chi connectivity index (χ0) is 11.3. The van der Waals surface area contributed by atoms with Crippen LogP contribution in [0.2, 0.25) is 0 Å². The molecular formula is C12H24N2O. The zero-order valence-electron chi connectivity index (χ0n) is 10.0. The predicted molar refractivity (Wildman–Crippen MR) is 62.4 cm³/mol. The fourth-order valence-corrected chi connectivity index (χ4v) is 2.26. The van der Waals surface area contributed by atoms with E-state index in [1.807, 2.05) is 11.8 Å². The molecule has 0 aromatic rings. The summed E-state index contributed by atoms with van der Waals surface area (Å²) >= 11 is 0. The minimum atomic E-state index is -0.00674. The van der Waals surface area contributed by atoms with Crippen LogP contribution in [0.4, 0.5) is 0 Å². The number of likely N-dealkylation sites (tertiary alicyclic amines) is 1. The lowest BCUT2D eigenvalue weighted by Crippen LogP contribution is -2.42. The Kier molecular flexibility index (Phi) is 5.09. The third-order valence-electron chi connectivity index (χ3n) is 3.40. The first kappa shape index (κ1) is 12.5. The van der Waals surface area contributed by atoms with E-state index in [-0.39, 0.29) is 11.8 Å². The van der Waals surface area contributed by atoms with E-state index in [1.165, 1.54) is 25.7 Å². The van der Waals surface area contributed by atoms with Crippen LogP contribution < -0.4 is 5.73 Å². The number of hydrogen-bond acceptors (Lipinski definition) is 2. The standard InChI is InChI=1S/C12H24N2O/c1-3-4-11-5-7-14(8-6-11)12(15)10(2)9-13/h10-11H,3-9,13H2,1-2H3. The molecule has 0 spiro atoms. The number of hydrogen-bond donors (Lipinski definition) is 1. The molecular weight excluding hydrogens is 188 g/mol. The second kappa shape index (κ2) is 6.11. The minimum absolute atomic E-state index is 0.00674. The first-order valence-corrected chi connectivity index (χ1v) is 6.17. The molecule has 1 aliphatic rings. The topological polar surface area (TPSA) is 46.3 Å². The predicted octanol–water partition coefficient (Wildman–Crippen LogP) is 1.62. The number of rotatable bonds is 4. The highest BCUT2D eigenvalue weighted by molar-refractivity contribution is 5.78. The summed E-state index contributed by atoms with van der Waals surface area (Å²) in [5.74, 6) is 1.08. The van der Waals surface area contributed by atoms with E-state index >= 15 is 0 Å². The SMILES string of the molecule is CCCC1CCN(C(=O)C(C)CN)CC1. The van der Waals surface area contributed by atoms with Crippen LogP contribution in [0.25, 0.3) is 0 Å². The Morgan fingerprint density at radius 1 is 1.47 bits per heavy atom. The number of nitrogens with zero attached hydrogens (tertiary/aromatic N) is 1.